The lowest BCUT2D eigenvalue weighted by atomic mass is 10.2. The van der Waals surface area contributed by atoms with Gasteiger partial charge in [0.15, 0.2) is 0 Å². The lowest BCUT2D eigenvalue weighted by Crippen LogP contribution is -2.19. The van der Waals surface area contributed by atoms with Gasteiger partial charge in [0.1, 0.15) is 0 Å². The van der Waals surface area contributed by atoms with Gasteiger partial charge in [0.2, 0.25) is 0 Å². The molecule has 2 rings (SSSR count). The zero-order valence-electron chi connectivity index (χ0n) is 8.78. The maximum Gasteiger partial charge on any atom is 0.417 e. The molecule has 7 heteroatoms. The van der Waals surface area contributed by atoms with E-state index in [2.05, 4.69) is 5.10 Å². The Morgan fingerprint density at radius 2 is 1.94 bits per heavy atom. The van der Waals surface area contributed by atoms with E-state index >= 15 is 0 Å². The molecule has 94 valence electrons. The predicted molar refractivity (Wildman–Crippen MR) is 59.8 cm³/mol. The first-order valence-electron chi connectivity index (χ1n) is 4.81. The normalized spacial score (nSPS) is 11.6. The number of aromatic nitrogens is 2. The van der Waals surface area contributed by atoms with Gasteiger partial charge in [-0.05, 0) is 24.3 Å². The Morgan fingerprint density at radius 1 is 1.22 bits per heavy atom. The molecule has 3 nitrogen and oxygen atoms in total. The summed E-state index contributed by atoms with van der Waals surface area (Å²) in [5.41, 5.74) is -1.22. The molecule has 1 aromatic carbocycles. The molecule has 0 spiro atoms. The minimum absolute atomic E-state index is 0.179. The van der Waals surface area contributed by atoms with Crippen LogP contribution >= 0.6 is 11.6 Å². The van der Waals surface area contributed by atoms with E-state index in [1.807, 2.05) is 0 Å². The summed E-state index contributed by atoms with van der Waals surface area (Å²) in [6, 6.07) is 5.70. The van der Waals surface area contributed by atoms with Gasteiger partial charge in [-0.25, -0.2) is 0 Å². The third-order valence-corrected chi connectivity index (χ3v) is 2.53. The number of rotatable bonds is 1. The van der Waals surface area contributed by atoms with Crippen LogP contribution < -0.4 is 5.56 Å². The van der Waals surface area contributed by atoms with E-state index in [0.29, 0.717) is 0 Å². The maximum absolute atomic E-state index is 12.5. The van der Waals surface area contributed by atoms with Crippen molar-refractivity contribution < 1.29 is 13.2 Å². The van der Waals surface area contributed by atoms with Crippen LogP contribution in [0.15, 0.2) is 41.3 Å². The number of nitrogens with zero attached hydrogens (tertiary/aromatic N) is 2. The molecule has 0 bridgehead atoms. The highest BCUT2D eigenvalue weighted by molar-refractivity contribution is 6.31. The van der Waals surface area contributed by atoms with E-state index in [1.54, 1.807) is 0 Å². The fourth-order valence-electron chi connectivity index (χ4n) is 1.42. The Balaban J connectivity index is 2.54. The van der Waals surface area contributed by atoms with E-state index in [-0.39, 0.29) is 5.69 Å². The summed E-state index contributed by atoms with van der Waals surface area (Å²) in [5, 5.41) is 3.27. The molecule has 0 radical (unpaired) electrons. The van der Waals surface area contributed by atoms with Crippen LogP contribution in [0.25, 0.3) is 5.69 Å². The van der Waals surface area contributed by atoms with Gasteiger partial charge in [-0.3, -0.25) is 4.79 Å². The molecule has 0 atom stereocenters. The first-order chi connectivity index (χ1) is 8.39. The van der Waals surface area contributed by atoms with Crippen LogP contribution in [0.3, 0.4) is 0 Å². The van der Waals surface area contributed by atoms with Crippen molar-refractivity contribution in [2.45, 2.75) is 6.18 Å². The Hall–Kier alpha value is -1.82. The average molecular weight is 275 g/mol. The van der Waals surface area contributed by atoms with Crippen molar-refractivity contribution in [1.82, 2.24) is 9.78 Å². The van der Waals surface area contributed by atoms with Gasteiger partial charge in [0, 0.05) is 12.3 Å². The summed E-state index contributed by atoms with van der Waals surface area (Å²) in [4.78, 5) is 11.4. The van der Waals surface area contributed by atoms with Gasteiger partial charge in [-0.15, -0.1) is 0 Å². The zero-order chi connectivity index (χ0) is 13.3. The lowest BCUT2D eigenvalue weighted by molar-refractivity contribution is -0.137. The predicted octanol–water partition coefficient (Wildman–Crippen LogP) is 2.90. The van der Waals surface area contributed by atoms with Gasteiger partial charge >= 0.3 is 6.18 Å². The van der Waals surface area contributed by atoms with Crippen LogP contribution in [0.4, 0.5) is 13.2 Å². The molecule has 2 aromatic rings. The smallest absolute Gasteiger partial charge is 0.267 e. The topological polar surface area (TPSA) is 34.9 Å². The van der Waals surface area contributed by atoms with Gasteiger partial charge in [-0.2, -0.15) is 23.0 Å². The van der Waals surface area contributed by atoms with E-state index in [9.17, 15) is 18.0 Å². The Morgan fingerprint density at radius 3 is 2.50 bits per heavy atom. The highest BCUT2D eigenvalue weighted by atomic mass is 35.5. The van der Waals surface area contributed by atoms with Crippen molar-refractivity contribution in [3.05, 3.63) is 57.5 Å². The van der Waals surface area contributed by atoms with Gasteiger partial charge in [-0.1, -0.05) is 11.6 Å². The molecule has 0 N–H and O–H groups in total. The molecule has 0 aliphatic rings. The second-order valence-corrected chi connectivity index (χ2v) is 3.84. The van der Waals surface area contributed by atoms with Crippen LogP contribution in [-0.2, 0) is 6.18 Å². The second kappa shape index (κ2) is 4.45. The minimum Gasteiger partial charge on any atom is -0.267 e. The second-order valence-electron chi connectivity index (χ2n) is 3.44. The fraction of sp³-hybridized carbons (Fsp3) is 0.0909. The zero-order valence-corrected chi connectivity index (χ0v) is 9.53. The molecule has 18 heavy (non-hydrogen) atoms. The molecule has 0 aliphatic heterocycles. The number of alkyl halides is 3. The highest BCUT2D eigenvalue weighted by Crippen LogP contribution is 2.35. The molecule has 1 heterocycles. The average Bonchev–Trinajstić information content (AvgIpc) is 2.27. The minimum atomic E-state index is -4.52. The molecule has 0 aliphatic carbocycles. The fourth-order valence-corrected chi connectivity index (χ4v) is 1.70. The van der Waals surface area contributed by atoms with Crippen LogP contribution in [0.1, 0.15) is 5.56 Å². The Labute approximate surface area is 104 Å². The summed E-state index contributed by atoms with van der Waals surface area (Å²) in [7, 11) is 0. The highest BCUT2D eigenvalue weighted by Gasteiger charge is 2.33. The quantitative estimate of drug-likeness (QED) is 0.801. The SMILES string of the molecule is O=c1cccnn1-c1ccc(C(F)(F)F)c(Cl)c1. The summed E-state index contributed by atoms with van der Waals surface area (Å²) in [6.45, 7) is 0. The maximum atomic E-state index is 12.5. The van der Waals surface area contributed by atoms with Gasteiger partial charge in [0.25, 0.3) is 5.56 Å². The first kappa shape index (κ1) is 12.6. The Kier molecular flexibility index (Phi) is 3.13. The number of benzene rings is 1. The molecule has 0 unspecified atom stereocenters. The van der Waals surface area contributed by atoms with Crippen molar-refractivity contribution in [3.8, 4) is 5.69 Å². The lowest BCUT2D eigenvalue weighted by Gasteiger charge is -2.10. The molecule has 0 amide bonds. The third-order valence-electron chi connectivity index (χ3n) is 2.22. The van der Waals surface area contributed by atoms with Crippen LogP contribution in [0, 0.1) is 0 Å². The summed E-state index contributed by atoms with van der Waals surface area (Å²) in [5.74, 6) is 0. The van der Waals surface area contributed by atoms with E-state index in [4.69, 9.17) is 11.6 Å². The molecular formula is C11H6ClF3N2O. The van der Waals surface area contributed by atoms with Crippen molar-refractivity contribution >= 4 is 11.6 Å². The van der Waals surface area contributed by atoms with Crippen molar-refractivity contribution in [2.24, 2.45) is 0 Å². The van der Waals surface area contributed by atoms with Gasteiger partial charge < -0.3 is 0 Å². The largest absolute Gasteiger partial charge is 0.417 e. The standard InChI is InChI=1S/C11H6ClF3N2O/c12-9-6-7(3-4-8(9)11(13,14)15)17-10(18)2-1-5-16-17/h1-6H. The number of halogens is 4. The van der Waals surface area contributed by atoms with Gasteiger partial charge in [0.05, 0.1) is 16.3 Å². The van der Waals surface area contributed by atoms with Crippen LogP contribution in [0.2, 0.25) is 5.02 Å². The molecule has 0 fully saturated rings. The molecule has 0 saturated heterocycles. The van der Waals surface area contributed by atoms with Crippen molar-refractivity contribution in [1.29, 1.82) is 0 Å². The number of hydrogen-bond acceptors (Lipinski definition) is 2. The monoisotopic (exact) mass is 274 g/mol. The molecular weight excluding hydrogens is 269 g/mol. The molecule has 0 saturated carbocycles. The third kappa shape index (κ3) is 2.38. The summed E-state index contributed by atoms with van der Waals surface area (Å²) in [6.07, 6.45) is -3.17. The Bertz CT molecular complexity index is 637. The van der Waals surface area contributed by atoms with E-state index in [1.165, 1.54) is 18.3 Å². The van der Waals surface area contributed by atoms with Crippen molar-refractivity contribution in [2.75, 3.05) is 0 Å². The molecule has 1 aromatic heterocycles. The van der Waals surface area contributed by atoms with E-state index in [0.717, 1.165) is 22.9 Å². The van der Waals surface area contributed by atoms with E-state index < -0.39 is 22.3 Å². The van der Waals surface area contributed by atoms with Crippen LogP contribution in [-0.4, -0.2) is 9.78 Å². The number of hydrogen-bond donors (Lipinski definition) is 0. The summed E-state index contributed by atoms with van der Waals surface area (Å²) < 4.78 is 38.4. The van der Waals surface area contributed by atoms with Crippen LogP contribution in [0.5, 0.6) is 0 Å². The van der Waals surface area contributed by atoms with Crippen molar-refractivity contribution in [3.63, 3.8) is 0 Å². The summed E-state index contributed by atoms with van der Waals surface area (Å²) >= 11 is 5.55. The first-order valence-corrected chi connectivity index (χ1v) is 5.19.